The van der Waals surface area contributed by atoms with Gasteiger partial charge in [0, 0.05) is 36.6 Å². The number of rotatable bonds is 3. The number of anilines is 1. The highest BCUT2D eigenvalue weighted by molar-refractivity contribution is 6.06. The lowest BCUT2D eigenvalue weighted by molar-refractivity contribution is -0.139. The summed E-state index contributed by atoms with van der Waals surface area (Å²) in [7, 11) is 0. The number of aliphatic hydroxyl groups excluding tert-OH is 1. The minimum absolute atomic E-state index is 0.0415. The quantitative estimate of drug-likeness (QED) is 0.576. The number of hydrogen-bond acceptors (Lipinski definition) is 6. The number of piperidine rings is 2. The molecule has 0 aromatic heterocycles. The molecule has 9 heteroatoms. The fraction of sp³-hybridized carbons (Fsp3) is 0.474. The summed E-state index contributed by atoms with van der Waals surface area (Å²) >= 11 is 0. The van der Waals surface area contributed by atoms with Crippen molar-refractivity contribution in [2.45, 2.75) is 38.0 Å². The van der Waals surface area contributed by atoms with Gasteiger partial charge in [0.25, 0.3) is 5.91 Å². The zero-order valence-corrected chi connectivity index (χ0v) is 15.1. The van der Waals surface area contributed by atoms with Crippen LogP contribution in [0.15, 0.2) is 12.1 Å². The molecule has 1 aromatic rings. The highest BCUT2D eigenvalue weighted by Gasteiger charge is 2.45. The summed E-state index contributed by atoms with van der Waals surface area (Å²) in [5, 5.41) is 12.7. The van der Waals surface area contributed by atoms with E-state index in [-0.39, 0.29) is 35.6 Å². The van der Waals surface area contributed by atoms with Crippen molar-refractivity contribution in [2.75, 3.05) is 18.0 Å². The molecule has 2 fully saturated rings. The maximum atomic E-state index is 14.7. The molecule has 2 saturated heterocycles. The fourth-order valence-electron chi connectivity index (χ4n) is 4.15. The van der Waals surface area contributed by atoms with Gasteiger partial charge in [0.2, 0.25) is 11.8 Å². The van der Waals surface area contributed by atoms with E-state index < -0.39 is 35.8 Å². The predicted octanol–water partition coefficient (Wildman–Crippen LogP) is 0.493. The first-order valence-corrected chi connectivity index (χ1v) is 9.29. The van der Waals surface area contributed by atoms with Crippen LogP contribution in [0.4, 0.5) is 10.1 Å². The molecule has 0 saturated carbocycles. The van der Waals surface area contributed by atoms with E-state index in [4.69, 9.17) is 0 Å². The fourth-order valence-corrected chi connectivity index (χ4v) is 4.15. The Labute approximate surface area is 160 Å². The van der Waals surface area contributed by atoms with Crippen LogP contribution < -0.4 is 10.2 Å². The second kappa shape index (κ2) is 6.97. The number of carbonyl (C=O) groups is 4. The molecule has 0 radical (unpaired) electrons. The summed E-state index contributed by atoms with van der Waals surface area (Å²) in [6.07, 6.45) is 0.854. The molecule has 148 valence electrons. The summed E-state index contributed by atoms with van der Waals surface area (Å²) in [4.78, 5) is 50.1. The van der Waals surface area contributed by atoms with Crippen molar-refractivity contribution in [3.05, 3.63) is 29.1 Å². The van der Waals surface area contributed by atoms with Gasteiger partial charge in [-0.05, 0) is 31.4 Å². The van der Waals surface area contributed by atoms with Crippen LogP contribution in [0.5, 0.6) is 0 Å². The predicted molar refractivity (Wildman–Crippen MR) is 94.7 cm³/mol. The summed E-state index contributed by atoms with van der Waals surface area (Å²) in [6.45, 7) is 0.986. The molecular weight excluding hydrogens is 369 g/mol. The topological polar surface area (TPSA) is 107 Å². The van der Waals surface area contributed by atoms with Crippen LogP contribution in [0.1, 0.15) is 47.8 Å². The second-order valence-electron chi connectivity index (χ2n) is 7.40. The van der Waals surface area contributed by atoms with E-state index in [1.165, 1.54) is 6.07 Å². The van der Waals surface area contributed by atoms with Crippen LogP contribution in [0, 0.1) is 11.7 Å². The van der Waals surface area contributed by atoms with Crippen molar-refractivity contribution in [3.8, 4) is 0 Å². The number of amides is 3. The van der Waals surface area contributed by atoms with Crippen LogP contribution in [0.3, 0.4) is 0 Å². The third kappa shape index (κ3) is 2.95. The van der Waals surface area contributed by atoms with Crippen LogP contribution in [-0.2, 0) is 14.4 Å². The van der Waals surface area contributed by atoms with Crippen molar-refractivity contribution in [1.29, 1.82) is 0 Å². The molecule has 28 heavy (non-hydrogen) atoms. The van der Waals surface area contributed by atoms with Crippen molar-refractivity contribution in [2.24, 2.45) is 5.92 Å². The summed E-state index contributed by atoms with van der Waals surface area (Å²) < 4.78 is 14.7. The molecule has 0 bridgehead atoms. The number of benzene rings is 1. The van der Waals surface area contributed by atoms with E-state index in [1.54, 1.807) is 4.90 Å². The van der Waals surface area contributed by atoms with Crippen molar-refractivity contribution in [3.63, 3.8) is 0 Å². The van der Waals surface area contributed by atoms with Gasteiger partial charge in [0.1, 0.15) is 18.1 Å². The van der Waals surface area contributed by atoms with Crippen molar-refractivity contribution >= 4 is 29.7 Å². The lowest BCUT2D eigenvalue weighted by Gasteiger charge is -2.32. The minimum atomic E-state index is -1.45. The van der Waals surface area contributed by atoms with Crippen LogP contribution in [-0.4, -0.2) is 53.1 Å². The first-order valence-electron chi connectivity index (χ1n) is 9.29. The van der Waals surface area contributed by atoms with Crippen molar-refractivity contribution < 1.29 is 28.7 Å². The number of carbonyl (C=O) groups excluding carboxylic acids is 4. The number of hydrogen-bond donors (Lipinski definition) is 2. The largest absolute Gasteiger partial charge is 0.369 e. The second-order valence-corrected chi connectivity index (χ2v) is 7.40. The maximum Gasteiger partial charge on any atom is 0.257 e. The van der Waals surface area contributed by atoms with Crippen LogP contribution in [0.25, 0.3) is 0 Å². The Balaban J connectivity index is 1.62. The van der Waals surface area contributed by atoms with E-state index in [0.717, 1.165) is 17.3 Å². The third-order valence-corrected chi connectivity index (χ3v) is 5.74. The lowest BCUT2D eigenvalue weighted by Crippen LogP contribution is -2.53. The van der Waals surface area contributed by atoms with Gasteiger partial charge in [-0.3, -0.25) is 24.6 Å². The third-order valence-electron chi connectivity index (χ3n) is 5.74. The Hall–Kier alpha value is -2.81. The maximum absolute atomic E-state index is 14.7. The molecule has 0 spiro atoms. The van der Waals surface area contributed by atoms with Gasteiger partial charge in [0.05, 0.1) is 5.69 Å². The smallest absolute Gasteiger partial charge is 0.257 e. The van der Waals surface area contributed by atoms with E-state index in [2.05, 4.69) is 5.32 Å². The number of halogens is 1. The first-order chi connectivity index (χ1) is 13.4. The van der Waals surface area contributed by atoms with Crippen LogP contribution in [0.2, 0.25) is 0 Å². The average molecular weight is 389 g/mol. The first kappa shape index (κ1) is 18.5. The molecule has 4 rings (SSSR count). The zero-order valence-electron chi connectivity index (χ0n) is 15.1. The standard InChI is InChI=1S/C19H20FN3O5/c20-13-7-11-12(8-15(13)22-5-3-10(9-24)4-6-22)19(28)23(18(11)27)14-1-2-16(25)21-17(14)26/h7-10,14,18,27H,1-6H2,(H,21,25,26). The molecular formula is C19H20FN3O5. The van der Waals surface area contributed by atoms with E-state index in [0.29, 0.717) is 25.9 Å². The number of aldehydes is 1. The normalized spacial score (nSPS) is 25.7. The molecule has 3 amide bonds. The molecule has 2 unspecified atom stereocenters. The Bertz CT molecular complexity index is 865. The molecule has 1 aromatic carbocycles. The summed E-state index contributed by atoms with van der Waals surface area (Å²) in [5.74, 6) is -2.25. The van der Waals surface area contributed by atoms with Crippen molar-refractivity contribution in [1.82, 2.24) is 10.2 Å². The molecule has 3 heterocycles. The highest BCUT2D eigenvalue weighted by Crippen LogP contribution is 2.39. The summed E-state index contributed by atoms with van der Waals surface area (Å²) in [5.41, 5.74) is 0.499. The Morgan fingerprint density at radius 2 is 1.86 bits per heavy atom. The number of imide groups is 1. The SMILES string of the molecule is O=CC1CCN(c2cc3c(cc2F)C(O)N(C2CCC(=O)NC2=O)C3=O)CC1. The summed E-state index contributed by atoms with van der Waals surface area (Å²) in [6, 6.07) is 1.55. The Kier molecular flexibility index (Phi) is 4.62. The van der Waals surface area contributed by atoms with Gasteiger partial charge in [-0.25, -0.2) is 4.39 Å². The average Bonchev–Trinajstić information content (AvgIpc) is 2.91. The van der Waals surface area contributed by atoms with E-state index in [1.807, 2.05) is 0 Å². The molecule has 2 atom stereocenters. The zero-order chi connectivity index (χ0) is 20.0. The number of nitrogens with one attached hydrogen (secondary N) is 1. The molecule has 0 aliphatic carbocycles. The Morgan fingerprint density at radius 3 is 2.50 bits per heavy atom. The molecule has 8 nitrogen and oxygen atoms in total. The Morgan fingerprint density at radius 1 is 1.14 bits per heavy atom. The molecule has 3 aliphatic heterocycles. The van der Waals surface area contributed by atoms with Crippen LogP contribution >= 0.6 is 0 Å². The number of aliphatic hydroxyl groups is 1. The molecule has 2 N–H and O–H groups in total. The van der Waals surface area contributed by atoms with Gasteiger partial charge in [-0.2, -0.15) is 0 Å². The van der Waals surface area contributed by atoms with Gasteiger partial charge in [0.15, 0.2) is 6.23 Å². The van der Waals surface area contributed by atoms with E-state index >= 15 is 0 Å². The monoisotopic (exact) mass is 389 g/mol. The lowest BCUT2D eigenvalue weighted by atomic mass is 9.97. The van der Waals surface area contributed by atoms with Gasteiger partial charge >= 0.3 is 0 Å². The number of fused-ring (bicyclic) bond motifs is 1. The van der Waals surface area contributed by atoms with Gasteiger partial charge in [-0.1, -0.05) is 0 Å². The highest BCUT2D eigenvalue weighted by atomic mass is 19.1. The van der Waals surface area contributed by atoms with E-state index in [9.17, 15) is 28.7 Å². The van der Waals surface area contributed by atoms with Gasteiger partial charge in [-0.15, -0.1) is 0 Å². The molecule has 3 aliphatic rings. The van der Waals surface area contributed by atoms with Gasteiger partial charge < -0.3 is 14.8 Å². The minimum Gasteiger partial charge on any atom is -0.369 e. The number of nitrogens with zero attached hydrogens (tertiary/aromatic N) is 2.